The van der Waals surface area contributed by atoms with Crippen LogP contribution in [0.25, 0.3) is 0 Å². The zero-order valence-corrected chi connectivity index (χ0v) is 28.9. The number of carbonyl (C=O) groups is 1. The van der Waals surface area contributed by atoms with Gasteiger partial charge in [-0.1, -0.05) is 44.2 Å². The van der Waals surface area contributed by atoms with E-state index < -0.39 is 37.0 Å². The van der Waals surface area contributed by atoms with Gasteiger partial charge in [0.15, 0.2) is 5.71 Å². The number of rotatable bonds is 13. The van der Waals surface area contributed by atoms with Crippen LogP contribution >= 0.6 is 0 Å². The number of allylic oxidation sites excluding steroid dienone is 8. The maximum Gasteiger partial charge on any atom is 0.209 e. The van der Waals surface area contributed by atoms with E-state index in [4.69, 9.17) is 0 Å². The van der Waals surface area contributed by atoms with Crippen LogP contribution in [0.15, 0.2) is 94.4 Å². The summed E-state index contributed by atoms with van der Waals surface area (Å²) in [6.07, 6.45) is 15.2. The Bertz CT molecular complexity index is 1930. The SMILES string of the molecule is CCN1/C(=C/C=C/C=C/C=C/C2=[N+](CCCCCC(=O)[O-])c3ccc(S(=O)(=O)[O-])cc3C2(C)C)C(C)(C)c2cc(S(=O)(=O)[O-])ccc21. The molecule has 2 aromatic rings. The van der Waals surface area contributed by atoms with Crippen LogP contribution in [0.1, 0.15) is 71.4 Å². The minimum atomic E-state index is -4.63. The monoisotopic (exact) mass is 680 g/mol. The van der Waals surface area contributed by atoms with Crippen molar-refractivity contribution in [3.05, 3.63) is 95.8 Å². The van der Waals surface area contributed by atoms with Crippen LogP contribution in [0.2, 0.25) is 0 Å². The van der Waals surface area contributed by atoms with E-state index in [9.17, 15) is 35.8 Å². The zero-order chi connectivity index (χ0) is 34.8. The van der Waals surface area contributed by atoms with Crippen molar-refractivity contribution < 1.29 is 40.4 Å². The summed E-state index contributed by atoms with van der Waals surface area (Å²) >= 11 is 0. The molecular formula is C35H40N2O8S2-2. The number of hydrogen-bond donors (Lipinski definition) is 0. The first kappa shape index (κ1) is 36.0. The number of fused-ring (bicyclic) bond motifs is 2. The average Bonchev–Trinajstić information content (AvgIpc) is 3.33. The van der Waals surface area contributed by atoms with E-state index in [2.05, 4.69) is 9.48 Å². The highest BCUT2D eigenvalue weighted by Gasteiger charge is 2.44. The molecule has 2 heterocycles. The van der Waals surface area contributed by atoms with E-state index in [1.807, 2.05) is 77.2 Å². The summed E-state index contributed by atoms with van der Waals surface area (Å²) in [6, 6.07) is 8.90. The molecule has 0 amide bonds. The summed E-state index contributed by atoms with van der Waals surface area (Å²) in [5.41, 5.74) is 3.90. The van der Waals surface area contributed by atoms with Crippen molar-refractivity contribution >= 4 is 43.3 Å². The Morgan fingerprint density at radius 2 is 1.40 bits per heavy atom. The molecule has 12 heteroatoms. The lowest BCUT2D eigenvalue weighted by Crippen LogP contribution is -2.28. The van der Waals surface area contributed by atoms with Gasteiger partial charge in [-0.25, -0.2) is 16.8 Å². The average molecular weight is 681 g/mol. The van der Waals surface area contributed by atoms with Gasteiger partial charge in [0.05, 0.1) is 15.2 Å². The summed E-state index contributed by atoms with van der Waals surface area (Å²) in [5.74, 6) is -1.08. The molecule has 0 saturated heterocycles. The van der Waals surface area contributed by atoms with Gasteiger partial charge in [-0.05, 0) is 82.0 Å². The minimum absolute atomic E-state index is 0.00807. The third-order valence-corrected chi connectivity index (χ3v) is 10.5. The molecule has 2 aliphatic heterocycles. The van der Waals surface area contributed by atoms with Crippen molar-refractivity contribution in [2.24, 2.45) is 0 Å². The Morgan fingerprint density at radius 1 is 0.809 bits per heavy atom. The molecular weight excluding hydrogens is 641 g/mol. The molecule has 0 aliphatic carbocycles. The van der Waals surface area contributed by atoms with Gasteiger partial charge in [-0.3, -0.25) is 0 Å². The predicted molar refractivity (Wildman–Crippen MR) is 177 cm³/mol. The summed E-state index contributed by atoms with van der Waals surface area (Å²) < 4.78 is 72.3. The second-order valence-corrected chi connectivity index (χ2v) is 15.4. The van der Waals surface area contributed by atoms with Gasteiger partial charge in [0.25, 0.3) is 0 Å². The Hall–Kier alpha value is -3.84. The molecule has 2 aliphatic rings. The standard InChI is InChI=1S/C35H42N2O8S2/c1-6-36-29-20-18-25(46(40,41)42)23-27(29)34(2,3)31(36)15-11-8-7-9-12-16-32-35(4,5)28-24-26(47(43,44)45)19-21-30(28)37(32)22-14-10-13-17-33(38)39/h7-9,11-12,15-16,18-21,23-24H,6,10,13-14,17,22H2,1-5H3,(H2-,38,39,40,41,42,43,44,45)/p-2. The molecule has 0 atom stereocenters. The number of carboxylic acids is 1. The number of likely N-dealkylation sites (N-methyl/N-ethyl adjacent to an activating group) is 1. The molecule has 0 fully saturated rings. The first-order valence-corrected chi connectivity index (χ1v) is 18.3. The summed E-state index contributed by atoms with van der Waals surface area (Å²) in [5, 5.41) is 10.8. The van der Waals surface area contributed by atoms with Gasteiger partial charge >= 0.3 is 0 Å². The first-order chi connectivity index (χ1) is 21.9. The Kier molecular flexibility index (Phi) is 10.5. The molecule has 0 radical (unpaired) electrons. The van der Waals surface area contributed by atoms with Crippen LogP contribution in [-0.2, 0) is 35.9 Å². The minimum Gasteiger partial charge on any atom is -0.744 e. The fourth-order valence-electron chi connectivity index (χ4n) is 6.40. The Balaban J connectivity index is 1.56. The number of benzene rings is 2. The van der Waals surface area contributed by atoms with Gasteiger partial charge in [0.1, 0.15) is 26.8 Å². The van der Waals surface area contributed by atoms with Crippen molar-refractivity contribution in [1.29, 1.82) is 0 Å². The second-order valence-electron chi connectivity index (χ2n) is 12.7. The van der Waals surface area contributed by atoms with E-state index >= 15 is 0 Å². The molecule has 0 bridgehead atoms. The predicted octanol–water partition coefficient (Wildman–Crippen LogP) is 4.55. The molecule has 0 aromatic heterocycles. The third kappa shape index (κ3) is 7.67. The molecule has 0 unspecified atom stereocenters. The Labute approximate surface area is 277 Å². The number of carboxylic acid groups (broad SMARTS) is 1. The lowest BCUT2D eigenvalue weighted by Gasteiger charge is -2.25. The first-order valence-electron chi connectivity index (χ1n) is 15.5. The van der Waals surface area contributed by atoms with Crippen molar-refractivity contribution in [3.8, 4) is 0 Å². The van der Waals surface area contributed by atoms with Crippen LogP contribution in [0.5, 0.6) is 0 Å². The number of unbranched alkanes of at least 4 members (excludes halogenated alkanes) is 2. The smallest absolute Gasteiger partial charge is 0.209 e. The highest BCUT2D eigenvalue weighted by atomic mass is 32.2. The molecule has 0 saturated carbocycles. The number of aliphatic carboxylic acids is 1. The van der Waals surface area contributed by atoms with Gasteiger partial charge < -0.3 is 23.9 Å². The lowest BCUT2D eigenvalue weighted by atomic mass is 9.81. The van der Waals surface area contributed by atoms with E-state index in [-0.39, 0.29) is 16.2 Å². The van der Waals surface area contributed by atoms with Gasteiger partial charge in [-0.2, -0.15) is 4.58 Å². The molecule has 47 heavy (non-hydrogen) atoms. The quantitative estimate of drug-likeness (QED) is 0.128. The second kappa shape index (κ2) is 13.7. The molecule has 0 spiro atoms. The molecule has 0 N–H and O–H groups in total. The van der Waals surface area contributed by atoms with Gasteiger partial charge in [0, 0.05) is 53.4 Å². The highest BCUT2D eigenvalue weighted by Crippen LogP contribution is 2.48. The molecule has 2 aromatic carbocycles. The normalized spacial score (nSPS) is 18.3. The number of carbonyl (C=O) groups excluding carboxylic acids is 1. The van der Waals surface area contributed by atoms with E-state index in [1.165, 1.54) is 24.3 Å². The zero-order valence-electron chi connectivity index (χ0n) is 27.2. The summed E-state index contributed by atoms with van der Waals surface area (Å²) in [6.45, 7) is 11.2. The largest absolute Gasteiger partial charge is 0.744 e. The van der Waals surface area contributed by atoms with Crippen LogP contribution in [0, 0.1) is 0 Å². The van der Waals surface area contributed by atoms with E-state index in [0.29, 0.717) is 32.4 Å². The Morgan fingerprint density at radius 3 is 2.02 bits per heavy atom. The van der Waals surface area contributed by atoms with Crippen molar-refractivity contribution in [2.45, 2.75) is 80.9 Å². The fourth-order valence-corrected chi connectivity index (χ4v) is 7.40. The number of anilines is 1. The lowest BCUT2D eigenvalue weighted by molar-refractivity contribution is -0.438. The third-order valence-electron chi connectivity index (χ3n) is 8.84. The highest BCUT2D eigenvalue weighted by molar-refractivity contribution is 7.86. The van der Waals surface area contributed by atoms with Gasteiger partial charge in [-0.15, -0.1) is 0 Å². The van der Waals surface area contributed by atoms with Gasteiger partial charge in [0.2, 0.25) is 5.69 Å². The maximum absolute atomic E-state index is 11.8. The summed E-state index contributed by atoms with van der Waals surface area (Å²) in [4.78, 5) is 12.4. The van der Waals surface area contributed by atoms with Crippen LogP contribution < -0.4 is 10.0 Å². The molecule has 4 rings (SSSR count). The van der Waals surface area contributed by atoms with Crippen LogP contribution in [-0.4, -0.2) is 55.3 Å². The van der Waals surface area contributed by atoms with E-state index in [0.717, 1.165) is 33.9 Å². The topological polar surface area (TPSA) is 161 Å². The molecule has 10 nitrogen and oxygen atoms in total. The van der Waals surface area contributed by atoms with Crippen molar-refractivity contribution in [1.82, 2.24) is 0 Å². The fraction of sp³-hybridized carbons (Fsp3) is 0.371. The van der Waals surface area contributed by atoms with Crippen molar-refractivity contribution in [2.75, 3.05) is 18.0 Å². The van der Waals surface area contributed by atoms with Crippen LogP contribution in [0.4, 0.5) is 11.4 Å². The number of nitrogens with zero attached hydrogens (tertiary/aromatic N) is 2. The number of hydrogen-bond acceptors (Lipinski definition) is 9. The molecule has 252 valence electrons. The van der Waals surface area contributed by atoms with Crippen molar-refractivity contribution in [3.63, 3.8) is 0 Å². The van der Waals surface area contributed by atoms with E-state index in [1.54, 1.807) is 12.1 Å². The maximum atomic E-state index is 11.8. The summed E-state index contributed by atoms with van der Waals surface area (Å²) in [7, 11) is -9.21. The van der Waals surface area contributed by atoms with Crippen LogP contribution in [0.3, 0.4) is 0 Å².